The van der Waals surface area contributed by atoms with Gasteiger partial charge in [-0.3, -0.25) is 0 Å². The van der Waals surface area contributed by atoms with Crippen LogP contribution in [0.5, 0.6) is 5.75 Å². The third-order valence-corrected chi connectivity index (χ3v) is 2.12. The first-order valence-corrected chi connectivity index (χ1v) is 4.57. The number of alkyl halides is 4. The minimum absolute atomic E-state index is 0.314. The zero-order valence-corrected chi connectivity index (χ0v) is 8.65. The van der Waals surface area contributed by atoms with Crippen molar-refractivity contribution in [1.29, 1.82) is 0 Å². The van der Waals surface area contributed by atoms with Gasteiger partial charge >= 0.3 is 6.61 Å². The Hall–Kier alpha value is -1.01. The van der Waals surface area contributed by atoms with Crippen LogP contribution in [0.25, 0.3) is 0 Å². The molecule has 1 aromatic carbocycles. The van der Waals surface area contributed by atoms with E-state index in [0.29, 0.717) is 0 Å². The van der Waals surface area contributed by atoms with Crippen LogP contribution in [-0.4, -0.2) is 13.2 Å². The fourth-order valence-electron chi connectivity index (χ4n) is 1.04. The lowest BCUT2D eigenvalue weighted by Gasteiger charge is -2.15. The first kappa shape index (κ1) is 13.1. The minimum atomic E-state index is -3.24. The highest BCUT2D eigenvalue weighted by Crippen LogP contribution is 2.33. The van der Waals surface area contributed by atoms with E-state index in [4.69, 9.17) is 17.3 Å². The average Bonchev–Trinajstić information content (AvgIpc) is 2.20. The molecule has 0 amide bonds. The molecule has 0 saturated carbocycles. The minimum Gasteiger partial charge on any atom is -0.433 e. The Kier molecular flexibility index (Phi) is 3.98. The molecule has 0 unspecified atom stereocenters. The molecule has 7 heteroatoms. The van der Waals surface area contributed by atoms with Gasteiger partial charge in [0.05, 0.1) is 11.6 Å². The van der Waals surface area contributed by atoms with Crippen molar-refractivity contribution >= 4 is 11.6 Å². The fraction of sp³-hybridized carbons (Fsp3) is 0.333. The maximum atomic E-state index is 13.1. The largest absolute Gasteiger partial charge is 0.433 e. The smallest absolute Gasteiger partial charge is 0.387 e. The maximum absolute atomic E-state index is 13.1. The van der Waals surface area contributed by atoms with E-state index < -0.39 is 24.6 Å². The summed E-state index contributed by atoms with van der Waals surface area (Å²) in [7, 11) is 0. The average molecular weight is 258 g/mol. The fourth-order valence-corrected chi connectivity index (χ4v) is 1.26. The highest BCUT2D eigenvalue weighted by molar-refractivity contribution is 6.32. The highest BCUT2D eigenvalue weighted by Gasteiger charge is 2.30. The molecule has 1 rings (SSSR count). The maximum Gasteiger partial charge on any atom is 0.387 e. The number of ether oxygens (including phenoxy) is 1. The number of hydrogen-bond acceptors (Lipinski definition) is 2. The lowest BCUT2D eigenvalue weighted by Crippen LogP contribution is -2.25. The summed E-state index contributed by atoms with van der Waals surface area (Å²) in [6.45, 7) is -3.95. The number of halogens is 5. The normalized spacial score (nSPS) is 11.9. The topological polar surface area (TPSA) is 35.2 Å². The summed E-state index contributed by atoms with van der Waals surface area (Å²) in [5, 5.41) is -0.314. The van der Waals surface area contributed by atoms with Gasteiger partial charge in [-0.1, -0.05) is 11.6 Å². The molecule has 0 spiro atoms. The molecule has 0 bridgehead atoms. The number of rotatable bonds is 4. The zero-order valence-electron chi connectivity index (χ0n) is 7.89. The van der Waals surface area contributed by atoms with Crippen LogP contribution in [0.3, 0.4) is 0 Å². The molecule has 90 valence electrons. The second-order valence-electron chi connectivity index (χ2n) is 2.93. The van der Waals surface area contributed by atoms with Crippen molar-refractivity contribution in [2.45, 2.75) is 12.5 Å². The Morgan fingerprint density at radius 3 is 2.44 bits per heavy atom. The molecule has 0 radical (unpaired) electrons. The van der Waals surface area contributed by atoms with Gasteiger partial charge in [-0.05, 0) is 18.2 Å². The summed E-state index contributed by atoms with van der Waals surface area (Å²) in [6, 6.07) is 2.75. The molecule has 2 N–H and O–H groups in total. The predicted molar refractivity (Wildman–Crippen MR) is 51.0 cm³/mol. The first-order chi connectivity index (χ1) is 7.36. The predicted octanol–water partition coefficient (Wildman–Crippen LogP) is 2.99. The van der Waals surface area contributed by atoms with Crippen LogP contribution in [0.4, 0.5) is 17.6 Å². The van der Waals surface area contributed by atoms with E-state index in [2.05, 4.69) is 4.74 Å². The van der Waals surface area contributed by atoms with Gasteiger partial charge in [-0.2, -0.15) is 17.6 Å². The van der Waals surface area contributed by atoms with E-state index in [-0.39, 0.29) is 10.8 Å². The summed E-state index contributed by atoms with van der Waals surface area (Å²) in [6.07, 6.45) is 0. The van der Waals surface area contributed by atoms with Crippen LogP contribution in [0.1, 0.15) is 5.56 Å². The standard InChI is InChI=1S/C9H8ClF4NO/c10-6-3-5(9(13,14)4-15)1-2-7(6)16-8(11)12/h1-3,8H,4,15H2. The van der Waals surface area contributed by atoms with E-state index in [1.807, 2.05) is 0 Å². The van der Waals surface area contributed by atoms with Crippen molar-refractivity contribution < 1.29 is 22.3 Å². The van der Waals surface area contributed by atoms with Crippen molar-refractivity contribution in [2.24, 2.45) is 5.73 Å². The molecule has 0 fully saturated rings. The number of hydrogen-bond donors (Lipinski definition) is 1. The van der Waals surface area contributed by atoms with Gasteiger partial charge in [-0.15, -0.1) is 0 Å². The van der Waals surface area contributed by atoms with Gasteiger partial charge in [-0.25, -0.2) is 0 Å². The van der Waals surface area contributed by atoms with Crippen molar-refractivity contribution in [2.75, 3.05) is 6.54 Å². The second kappa shape index (κ2) is 4.88. The monoisotopic (exact) mass is 257 g/mol. The molecular formula is C9H8ClF4NO. The lowest BCUT2D eigenvalue weighted by atomic mass is 10.1. The molecule has 16 heavy (non-hydrogen) atoms. The Balaban J connectivity index is 2.99. The summed E-state index contributed by atoms with van der Waals surface area (Å²) in [4.78, 5) is 0. The van der Waals surface area contributed by atoms with E-state index in [1.54, 1.807) is 0 Å². The third-order valence-electron chi connectivity index (χ3n) is 1.83. The number of benzene rings is 1. The molecule has 1 aromatic rings. The van der Waals surface area contributed by atoms with E-state index >= 15 is 0 Å². The number of nitrogens with two attached hydrogens (primary N) is 1. The van der Waals surface area contributed by atoms with Crippen molar-refractivity contribution in [1.82, 2.24) is 0 Å². The van der Waals surface area contributed by atoms with Crippen molar-refractivity contribution in [3.63, 3.8) is 0 Å². The molecule has 0 aromatic heterocycles. The van der Waals surface area contributed by atoms with Crippen LogP contribution < -0.4 is 10.5 Å². The summed E-state index contributed by atoms with van der Waals surface area (Å²) in [5.74, 6) is -3.60. The second-order valence-corrected chi connectivity index (χ2v) is 3.34. The highest BCUT2D eigenvalue weighted by atomic mass is 35.5. The Bertz CT molecular complexity index is 373. The van der Waals surface area contributed by atoms with Gasteiger partial charge in [0, 0.05) is 5.56 Å². The Labute approximate surface area is 93.9 Å². The van der Waals surface area contributed by atoms with Gasteiger partial charge in [0.1, 0.15) is 5.75 Å². The van der Waals surface area contributed by atoms with Crippen LogP contribution in [0.15, 0.2) is 18.2 Å². The van der Waals surface area contributed by atoms with E-state index in [0.717, 1.165) is 18.2 Å². The van der Waals surface area contributed by atoms with E-state index in [1.165, 1.54) is 0 Å². The van der Waals surface area contributed by atoms with E-state index in [9.17, 15) is 17.6 Å². The Morgan fingerprint density at radius 2 is 2.00 bits per heavy atom. The molecule has 2 nitrogen and oxygen atoms in total. The van der Waals surface area contributed by atoms with Crippen LogP contribution in [0.2, 0.25) is 5.02 Å². The molecule has 0 saturated heterocycles. The lowest BCUT2D eigenvalue weighted by molar-refractivity contribution is -0.0498. The van der Waals surface area contributed by atoms with Gasteiger partial charge in [0.25, 0.3) is 5.92 Å². The third kappa shape index (κ3) is 2.99. The molecule has 0 aliphatic heterocycles. The molecule has 0 atom stereocenters. The molecule has 0 aliphatic rings. The summed E-state index contributed by atoms with van der Waals surface area (Å²) < 4.78 is 53.9. The summed E-state index contributed by atoms with van der Waals surface area (Å²) in [5.41, 5.74) is 4.42. The molecular weight excluding hydrogens is 250 g/mol. The zero-order chi connectivity index (χ0) is 12.3. The Morgan fingerprint density at radius 1 is 1.38 bits per heavy atom. The molecule has 0 aliphatic carbocycles. The van der Waals surface area contributed by atoms with Crippen molar-refractivity contribution in [3.8, 4) is 5.75 Å². The van der Waals surface area contributed by atoms with Crippen LogP contribution in [0, 0.1) is 0 Å². The quantitative estimate of drug-likeness (QED) is 0.842. The van der Waals surface area contributed by atoms with Gasteiger partial charge in [0.15, 0.2) is 0 Å². The first-order valence-electron chi connectivity index (χ1n) is 4.19. The van der Waals surface area contributed by atoms with Gasteiger partial charge < -0.3 is 10.5 Å². The SMILES string of the molecule is NCC(F)(F)c1ccc(OC(F)F)c(Cl)c1. The van der Waals surface area contributed by atoms with Crippen LogP contribution >= 0.6 is 11.6 Å². The van der Waals surface area contributed by atoms with Crippen molar-refractivity contribution in [3.05, 3.63) is 28.8 Å². The van der Waals surface area contributed by atoms with Gasteiger partial charge in [0.2, 0.25) is 0 Å². The summed E-state index contributed by atoms with van der Waals surface area (Å²) >= 11 is 5.50. The molecule has 0 heterocycles. The van der Waals surface area contributed by atoms with Crippen LogP contribution in [-0.2, 0) is 5.92 Å².